The fraction of sp³-hybridized carbons (Fsp3) is 0.320. The van der Waals surface area contributed by atoms with Crippen LogP contribution >= 0.6 is 11.3 Å². The molecule has 2 aliphatic heterocycles. The largest absolute Gasteiger partial charge is 0.377 e. The average Bonchev–Trinajstić information content (AvgIpc) is 3.52. The lowest BCUT2D eigenvalue weighted by Crippen LogP contribution is -2.47. The van der Waals surface area contributed by atoms with Gasteiger partial charge in [-0.2, -0.15) is 11.3 Å². The van der Waals surface area contributed by atoms with E-state index in [-0.39, 0.29) is 23.8 Å². The summed E-state index contributed by atoms with van der Waals surface area (Å²) in [6.45, 7) is 3.36. The van der Waals surface area contributed by atoms with Crippen molar-refractivity contribution in [3.8, 4) is 11.1 Å². The van der Waals surface area contributed by atoms with Crippen molar-refractivity contribution < 1.29 is 9.53 Å². The highest BCUT2D eigenvalue weighted by atomic mass is 32.1. The zero-order chi connectivity index (χ0) is 20.3. The summed E-state index contributed by atoms with van der Waals surface area (Å²) in [6.07, 6.45) is 0. The molecule has 1 aromatic heterocycles. The van der Waals surface area contributed by atoms with E-state index in [0.29, 0.717) is 19.8 Å². The molecule has 2 saturated heterocycles. The molecule has 5 heteroatoms. The van der Waals surface area contributed by atoms with Crippen LogP contribution in [0.2, 0.25) is 0 Å². The molecule has 1 amide bonds. The van der Waals surface area contributed by atoms with Crippen molar-refractivity contribution >= 4 is 17.2 Å². The molecule has 154 valence electrons. The predicted molar refractivity (Wildman–Crippen MR) is 121 cm³/mol. The summed E-state index contributed by atoms with van der Waals surface area (Å²) in [4.78, 5) is 15.9. The smallest absolute Gasteiger partial charge is 0.228 e. The Morgan fingerprint density at radius 3 is 2.70 bits per heavy atom. The molecule has 0 aliphatic carbocycles. The number of ether oxygens (including phenoxy) is 1. The number of morpholine rings is 1. The summed E-state index contributed by atoms with van der Waals surface area (Å²) in [7, 11) is 0. The van der Waals surface area contributed by atoms with Crippen molar-refractivity contribution in [3.63, 3.8) is 0 Å². The van der Waals surface area contributed by atoms with Gasteiger partial charge in [0.25, 0.3) is 0 Å². The van der Waals surface area contributed by atoms with E-state index < -0.39 is 0 Å². The Labute approximate surface area is 181 Å². The first-order valence-corrected chi connectivity index (χ1v) is 11.5. The number of carbonyl (C=O) groups excluding carboxylic acids is 1. The normalized spacial score (nSPS) is 24.1. The lowest BCUT2D eigenvalue weighted by atomic mass is 9.83. The van der Waals surface area contributed by atoms with Gasteiger partial charge in [0.05, 0.1) is 25.2 Å². The molecule has 0 saturated carbocycles. The maximum absolute atomic E-state index is 13.8. The minimum absolute atomic E-state index is 0.0131. The standard InChI is InChI=1S/C25H26N2O2S/c28-25(27-11-12-29-16-24(27)18-6-2-1-3-7-18)23-15-26-14-22(23)21-9-5-4-8-20(21)19-10-13-30-17-19/h1-10,13,17,22-24,26H,11-12,14-16H2/t22-,23?,24+/m0/s1. The van der Waals surface area contributed by atoms with Crippen molar-refractivity contribution in [3.05, 3.63) is 82.6 Å². The molecule has 4 nitrogen and oxygen atoms in total. The van der Waals surface area contributed by atoms with Crippen LogP contribution in [-0.4, -0.2) is 43.7 Å². The Balaban J connectivity index is 1.45. The second kappa shape index (κ2) is 8.72. The summed E-state index contributed by atoms with van der Waals surface area (Å²) in [5.74, 6) is 0.351. The highest BCUT2D eigenvalue weighted by molar-refractivity contribution is 7.08. The number of nitrogens with zero attached hydrogens (tertiary/aromatic N) is 1. The van der Waals surface area contributed by atoms with Crippen LogP contribution < -0.4 is 5.32 Å². The van der Waals surface area contributed by atoms with Crippen molar-refractivity contribution in [2.45, 2.75) is 12.0 Å². The molecule has 1 unspecified atom stereocenters. The van der Waals surface area contributed by atoms with E-state index in [9.17, 15) is 4.79 Å². The molecule has 0 bridgehead atoms. The molecule has 1 N–H and O–H groups in total. The van der Waals surface area contributed by atoms with E-state index >= 15 is 0 Å². The number of hydrogen-bond acceptors (Lipinski definition) is 4. The summed E-state index contributed by atoms with van der Waals surface area (Å²) in [5, 5.41) is 7.79. The Hall–Kier alpha value is -2.47. The van der Waals surface area contributed by atoms with Crippen LogP contribution in [0.3, 0.4) is 0 Å². The zero-order valence-corrected chi connectivity index (χ0v) is 17.7. The number of benzene rings is 2. The number of carbonyl (C=O) groups is 1. The fourth-order valence-electron chi connectivity index (χ4n) is 4.80. The van der Waals surface area contributed by atoms with E-state index in [1.165, 1.54) is 16.7 Å². The number of thiophene rings is 1. The maximum Gasteiger partial charge on any atom is 0.228 e. The second-order valence-corrected chi connectivity index (χ2v) is 8.78. The van der Waals surface area contributed by atoms with Gasteiger partial charge in [-0.3, -0.25) is 4.79 Å². The van der Waals surface area contributed by atoms with Gasteiger partial charge in [0.15, 0.2) is 0 Å². The van der Waals surface area contributed by atoms with E-state index in [4.69, 9.17) is 4.74 Å². The molecule has 0 radical (unpaired) electrons. The van der Waals surface area contributed by atoms with Gasteiger partial charge < -0.3 is 15.0 Å². The van der Waals surface area contributed by atoms with Crippen molar-refractivity contribution in [1.29, 1.82) is 0 Å². The molecule has 3 atom stereocenters. The molecule has 3 aromatic rings. The van der Waals surface area contributed by atoms with Gasteiger partial charge in [-0.1, -0.05) is 54.6 Å². The van der Waals surface area contributed by atoms with Crippen molar-refractivity contribution in [1.82, 2.24) is 10.2 Å². The van der Waals surface area contributed by atoms with Gasteiger partial charge in [-0.25, -0.2) is 0 Å². The van der Waals surface area contributed by atoms with Crippen LogP contribution in [0.25, 0.3) is 11.1 Å². The number of rotatable bonds is 4. The number of hydrogen-bond donors (Lipinski definition) is 1. The van der Waals surface area contributed by atoms with Gasteiger partial charge in [0, 0.05) is 25.6 Å². The van der Waals surface area contributed by atoms with Gasteiger partial charge >= 0.3 is 0 Å². The third-order valence-electron chi connectivity index (χ3n) is 6.32. The van der Waals surface area contributed by atoms with Crippen LogP contribution in [0, 0.1) is 5.92 Å². The lowest BCUT2D eigenvalue weighted by molar-refractivity contribution is -0.144. The minimum Gasteiger partial charge on any atom is -0.377 e. The summed E-state index contributed by atoms with van der Waals surface area (Å²) in [5.41, 5.74) is 4.89. The first-order chi connectivity index (χ1) is 14.8. The van der Waals surface area contributed by atoms with Crippen molar-refractivity contribution in [2.24, 2.45) is 5.92 Å². The molecule has 2 aromatic carbocycles. The zero-order valence-electron chi connectivity index (χ0n) is 16.9. The van der Waals surface area contributed by atoms with Crippen LogP contribution in [0.15, 0.2) is 71.4 Å². The lowest BCUT2D eigenvalue weighted by Gasteiger charge is -2.38. The Morgan fingerprint density at radius 2 is 1.87 bits per heavy atom. The molecule has 5 rings (SSSR count). The predicted octanol–water partition coefficient (Wildman–Crippen LogP) is 4.32. The number of nitrogens with one attached hydrogen (secondary N) is 1. The quantitative estimate of drug-likeness (QED) is 0.686. The Kier molecular flexibility index (Phi) is 5.67. The minimum atomic E-state index is -0.0610. The maximum atomic E-state index is 13.8. The molecule has 3 heterocycles. The molecule has 2 fully saturated rings. The molecular weight excluding hydrogens is 392 g/mol. The van der Waals surface area contributed by atoms with Crippen LogP contribution in [0.5, 0.6) is 0 Å². The van der Waals surface area contributed by atoms with Crippen LogP contribution in [0.4, 0.5) is 0 Å². The first kappa shape index (κ1) is 19.5. The number of amides is 1. The Morgan fingerprint density at radius 1 is 1.03 bits per heavy atom. The third kappa shape index (κ3) is 3.69. The topological polar surface area (TPSA) is 41.6 Å². The van der Waals surface area contributed by atoms with Gasteiger partial charge in [-0.15, -0.1) is 0 Å². The van der Waals surface area contributed by atoms with E-state index in [1.54, 1.807) is 11.3 Å². The summed E-state index contributed by atoms with van der Waals surface area (Å²) in [6, 6.07) is 21.0. The SMILES string of the molecule is O=C(C1CNC[C@H]1c1ccccc1-c1ccsc1)N1CCOC[C@@H]1c1ccccc1. The molecular formula is C25H26N2O2S. The molecule has 2 aliphatic rings. The molecule has 0 spiro atoms. The fourth-order valence-corrected chi connectivity index (χ4v) is 5.45. The molecule has 30 heavy (non-hydrogen) atoms. The summed E-state index contributed by atoms with van der Waals surface area (Å²) < 4.78 is 5.75. The van der Waals surface area contributed by atoms with Crippen molar-refractivity contribution in [2.75, 3.05) is 32.8 Å². The van der Waals surface area contributed by atoms with E-state index in [0.717, 1.165) is 18.7 Å². The van der Waals surface area contributed by atoms with E-state index in [2.05, 4.69) is 63.4 Å². The first-order valence-electron chi connectivity index (χ1n) is 10.6. The van der Waals surface area contributed by atoms with Crippen LogP contribution in [-0.2, 0) is 9.53 Å². The van der Waals surface area contributed by atoms with Crippen LogP contribution in [0.1, 0.15) is 23.1 Å². The van der Waals surface area contributed by atoms with Gasteiger partial charge in [-0.05, 0) is 39.1 Å². The van der Waals surface area contributed by atoms with Gasteiger partial charge in [0.2, 0.25) is 5.91 Å². The highest BCUT2D eigenvalue weighted by Gasteiger charge is 2.40. The highest BCUT2D eigenvalue weighted by Crippen LogP contribution is 2.38. The van der Waals surface area contributed by atoms with Gasteiger partial charge in [0.1, 0.15) is 0 Å². The summed E-state index contributed by atoms with van der Waals surface area (Å²) >= 11 is 1.71. The average molecular weight is 419 g/mol. The van der Waals surface area contributed by atoms with E-state index in [1.807, 2.05) is 18.2 Å². The monoisotopic (exact) mass is 418 g/mol. The second-order valence-electron chi connectivity index (χ2n) is 8.00. The third-order valence-corrected chi connectivity index (χ3v) is 7.00. The Bertz CT molecular complexity index is 989.